The molecule has 18 heavy (non-hydrogen) atoms. The van der Waals surface area contributed by atoms with Gasteiger partial charge in [-0.05, 0) is 31.5 Å². The number of carbonyl (C=O) groups is 1. The Kier molecular flexibility index (Phi) is 6.72. The maximum Gasteiger partial charge on any atom is 0.238 e. The number of anilines is 1. The monoisotopic (exact) mass is 270 g/mol. The van der Waals surface area contributed by atoms with E-state index in [9.17, 15) is 4.79 Å². The maximum atomic E-state index is 11.7. The van der Waals surface area contributed by atoms with Gasteiger partial charge in [0.1, 0.15) is 0 Å². The van der Waals surface area contributed by atoms with Gasteiger partial charge in [-0.3, -0.25) is 4.79 Å². The molecule has 0 fully saturated rings. The maximum absolute atomic E-state index is 11.7. The Morgan fingerprint density at radius 1 is 1.44 bits per heavy atom. The van der Waals surface area contributed by atoms with Crippen molar-refractivity contribution in [1.29, 1.82) is 0 Å². The lowest BCUT2D eigenvalue weighted by Crippen LogP contribution is -2.30. The molecule has 0 unspecified atom stereocenters. The lowest BCUT2D eigenvalue weighted by molar-refractivity contribution is -0.115. The lowest BCUT2D eigenvalue weighted by atomic mass is 10.2. The minimum absolute atomic E-state index is 0.0862. The zero-order valence-corrected chi connectivity index (χ0v) is 11.5. The first-order valence-corrected chi connectivity index (χ1v) is 6.35. The van der Waals surface area contributed by atoms with Gasteiger partial charge in [0.2, 0.25) is 5.91 Å². The van der Waals surface area contributed by atoms with E-state index in [1.165, 1.54) is 0 Å². The average Bonchev–Trinajstić information content (AvgIpc) is 2.33. The molecule has 0 aliphatic rings. The molecule has 0 heterocycles. The molecule has 0 saturated carbocycles. The second-order valence-corrected chi connectivity index (χ2v) is 4.32. The summed E-state index contributed by atoms with van der Waals surface area (Å²) in [5, 5.41) is 6.43. The van der Waals surface area contributed by atoms with E-state index in [0.29, 0.717) is 24.8 Å². The first-order valence-electron chi connectivity index (χ1n) is 5.98. The van der Waals surface area contributed by atoms with Crippen LogP contribution in [0.4, 0.5) is 5.69 Å². The number of nitrogens with one attached hydrogen (secondary N) is 2. The molecule has 100 valence electrons. The van der Waals surface area contributed by atoms with Gasteiger partial charge in [0, 0.05) is 23.9 Å². The van der Waals surface area contributed by atoms with Gasteiger partial charge in [0.05, 0.1) is 13.2 Å². The fourth-order valence-electron chi connectivity index (χ4n) is 1.41. The number of rotatable bonds is 7. The molecule has 1 aromatic carbocycles. The smallest absolute Gasteiger partial charge is 0.238 e. The van der Waals surface area contributed by atoms with E-state index in [4.69, 9.17) is 16.3 Å². The SMILES string of the molecule is CCOCCNCC(=O)Nc1cc(Cl)ccc1C. The number of hydrogen-bond acceptors (Lipinski definition) is 3. The number of ether oxygens (including phenoxy) is 1. The van der Waals surface area contributed by atoms with Crippen LogP contribution in [0.2, 0.25) is 5.02 Å². The van der Waals surface area contributed by atoms with E-state index >= 15 is 0 Å². The number of amides is 1. The van der Waals surface area contributed by atoms with E-state index in [1.54, 1.807) is 12.1 Å². The standard InChI is InChI=1S/C13H19ClN2O2/c1-3-18-7-6-15-9-13(17)16-12-8-11(14)5-4-10(12)2/h4-5,8,15H,3,6-7,9H2,1-2H3,(H,16,17). The Labute approximate surface area is 113 Å². The highest BCUT2D eigenvalue weighted by Crippen LogP contribution is 2.19. The van der Waals surface area contributed by atoms with Gasteiger partial charge in [0.25, 0.3) is 0 Å². The largest absolute Gasteiger partial charge is 0.380 e. The summed E-state index contributed by atoms with van der Waals surface area (Å²) in [6.45, 7) is 6.09. The van der Waals surface area contributed by atoms with Crippen molar-refractivity contribution in [3.63, 3.8) is 0 Å². The third kappa shape index (κ3) is 5.49. The van der Waals surface area contributed by atoms with Crippen LogP contribution in [0.25, 0.3) is 0 Å². The molecule has 1 aromatic rings. The van der Waals surface area contributed by atoms with Crippen molar-refractivity contribution in [3.8, 4) is 0 Å². The van der Waals surface area contributed by atoms with Gasteiger partial charge in [0.15, 0.2) is 0 Å². The van der Waals surface area contributed by atoms with Crippen LogP contribution >= 0.6 is 11.6 Å². The average molecular weight is 271 g/mol. The van der Waals surface area contributed by atoms with Crippen molar-refractivity contribution in [1.82, 2.24) is 5.32 Å². The molecule has 4 nitrogen and oxygen atoms in total. The molecule has 5 heteroatoms. The summed E-state index contributed by atoms with van der Waals surface area (Å²) in [6, 6.07) is 5.42. The summed E-state index contributed by atoms with van der Waals surface area (Å²) < 4.78 is 5.16. The van der Waals surface area contributed by atoms with Crippen LogP contribution in [0.3, 0.4) is 0 Å². The van der Waals surface area contributed by atoms with Crippen molar-refractivity contribution in [2.24, 2.45) is 0 Å². The van der Waals surface area contributed by atoms with Gasteiger partial charge in [-0.2, -0.15) is 0 Å². The highest BCUT2D eigenvalue weighted by Gasteiger charge is 2.04. The quantitative estimate of drug-likeness (QED) is 0.747. The van der Waals surface area contributed by atoms with Crippen molar-refractivity contribution in [2.75, 3.05) is 31.6 Å². The molecular weight excluding hydrogens is 252 g/mol. The van der Waals surface area contributed by atoms with E-state index < -0.39 is 0 Å². The molecule has 0 aromatic heterocycles. The molecule has 0 radical (unpaired) electrons. The molecule has 2 N–H and O–H groups in total. The van der Waals surface area contributed by atoms with Gasteiger partial charge in [-0.15, -0.1) is 0 Å². The van der Waals surface area contributed by atoms with E-state index in [0.717, 1.165) is 11.3 Å². The third-order valence-corrected chi connectivity index (χ3v) is 2.62. The van der Waals surface area contributed by atoms with E-state index in [2.05, 4.69) is 10.6 Å². The van der Waals surface area contributed by atoms with Gasteiger partial charge in [-0.1, -0.05) is 17.7 Å². The molecular formula is C13H19ClN2O2. The molecule has 0 atom stereocenters. The van der Waals surface area contributed by atoms with Crippen molar-refractivity contribution >= 4 is 23.2 Å². The van der Waals surface area contributed by atoms with Crippen LogP contribution < -0.4 is 10.6 Å². The second-order valence-electron chi connectivity index (χ2n) is 3.88. The van der Waals surface area contributed by atoms with Crippen molar-refractivity contribution in [2.45, 2.75) is 13.8 Å². The van der Waals surface area contributed by atoms with Gasteiger partial charge < -0.3 is 15.4 Å². The van der Waals surface area contributed by atoms with Crippen molar-refractivity contribution in [3.05, 3.63) is 28.8 Å². The lowest BCUT2D eigenvalue weighted by Gasteiger charge is -2.09. The molecule has 0 saturated heterocycles. The molecule has 0 aliphatic heterocycles. The van der Waals surface area contributed by atoms with Crippen LogP contribution in [-0.2, 0) is 9.53 Å². The van der Waals surface area contributed by atoms with Gasteiger partial charge >= 0.3 is 0 Å². The summed E-state index contributed by atoms with van der Waals surface area (Å²) >= 11 is 5.88. The third-order valence-electron chi connectivity index (χ3n) is 2.39. The normalized spacial score (nSPS) is 10.4. The zero-order valence-electron chi connectivity index (χ0n) is 10.8. The number of aryl methyl sites for hydroxylation is 1. The van der Waals surface area contributed by atoms with Gasteiger partial charge in [-0.25, -0.2) is 0 Å². The number of halogens is 1. The topological polar surface area (TPSA) is 50.4 Å². The van der Waals surface area contributed by atoms with Crippen LogP contribution in [0, 0.1) is 6.92 Å². The molecule has 0 spiro atoms. The van der Waals surface area contributed by atoms with Crippen LogP contribution in [-0.4, -0.2) is 32.2 Å². The summed E-state index contributed by atoms with van der Waals surface area (Å²) in [5.41, 5.74) is 1.74. The zero-order chi connectivity index (χ0) is 13.4. The summed E-state index contributed by atoms with van der Waals surface area (Å²) in [7, 11) is 0. The molecule has 1 rings (SSSR count). The Morgan fingerprint density at radius 2 is 2.22 bits per heavy atom. The first-order chi connectivity index (χ1) is 8.63. The first kappa shape index (κ1) is 15.0. The Hall–Kier alpha value is -1.10. The number of benzene rings is 1. The van der Waals surface area contributed by atoms with E-state index in [-0.39, 0.29) is 12.5 Å². The molecule has 0 aliphatic carbocycles. The van der Waals surface area contributed by atoms with E-state index in [1.807, 2.05) is 19.9 Å². The van der Waals surface area contributed by atoms with Crippen LogP contribution in [0.5, 0.6) is 0 Å². The van der Waals surface area contributed by atoms with Crippen molar-refractivity contribution < 1.29 is 9.53 Å². The summed E-state index contributed by atoms with van der Waals surface area (Å²) in [5.74, 6) is -0.0862. The molecule has 0 bridgehead atoms. The number of hydrogen-bond donors (Lipinski definition) is 2. The number of carbonyl (C=O) groups excluding carboxylic acids is 1. The minimum Gasteiger partial charge on any atom is -0.380 e. The molecule has 1 amide bonds. The summed E-state index contributed by atoms with van der Waals surface area (Å²) in [6.07, 6.45) is 0. The fourth-order valence-corrected chi connectivity index (χ4v) is 1.59. The van der Waals surface area contributed by atoms with Crippen LogP contribution in [0.1, 0.15) is 12.5 Å². The minimum atomic E-state index is -0.0862. The summed E-state index contributed by atoms with van der Waals surface area (Å²) in [4.78, 5) is 11.7. The fraction of sp³-hybridized carbons (Fsp3) is 0.462. The highest BCUT2D eigenvalue weighted by molar-refractivity contribution is 6.31. The predicted molar refractivity (Wildman–Crippen MR) is 74.2 cm³/mol. The Balaban J connectivity index is 2.33. The Morgan fingerprint density at radius 3 is 2.94 bits per heavy atom. The second kappa shape index (κ2) is 8.08. The van der Waals surface area contributed by atoms with Crippen LogP contribution in [0.15, 0.2) is 18.2 Å². The Bertz CT molecular complexity index is 397. The highest BCUT2D eigenvalue weighted by atomic mass is 35.5. The predicted octanol–water partition coefficient (Wildman–Crippen LogP) is 2.21.